The van der Waals surface area contributed by atoms with Crippen molar-refractivity contribution in [1.82, 2.24) is 5.43 Å². The Morgan fingerprint density at radius 1 is 1.10 bits per heavy atom. The van der Waals surface area contributed by atoms with Crippen molar-refractivity contribution >= 4 is 0 Å². The molecule has 0 saturated carbocycles. The number of hydrogen-bond donors (Lipinski definition) is 2. The van der Waals surface area contributed by atoms with E-state index in [9.17, 15) is 0 Å². The number of hydrazine groups is 1. The molecule has 3 rings (SSSR count). The average Bonchev–Trinajstić information content (AvgIpc) is 2.51. The fraction of sp³-hybridized carbons (Fsp3) is 0.368. The maximum atomic E-state index is 5.92. The molecule has 0 radical (unpaired) electrons. The molecule has 2 atom stereocenters. The Morgan fingerprint density at radius 2 is 1.86 bits per heavy atom. The molecule has 1 aliphatic carbocycles. The molecule has 0 spiro atoms. The lowest BCUT2D eigenvalue weighted by molar-refractivity contribution is 0.328. The van der Waals surface area contributed by atoms with Gasteiger partial charge in [-0.05, 0) is 61.3 Å². The van der Waals surface area contributed by atoms with Crippen molar-refractivity contribution in [2.24, 2.45) is 11.8 Å². The van der Waals surface area contributed by atoms with Gasteiger partial charge in [-0.15, -0.1) is 0 Å². The molecule has 2 aromatic carbocycles. The summed E-state index contributed by atoms with van der Waals surface area (Å²) >= 11 is 0. The lowest BCUT2D eigenvalue weighted by Gasteiger charge is -2.32. The Labute approximate surface area is 127 Å². The second-order valence-electron chi connectivity index (χ2n) is 6.28. The zero-order valence-corrected chi connectivity index (χ0v) is 12.9. The molecule has 2 aromatic rings. The quantitative estimate of drug-likeness (QED) is 0.666. The molecule has 0 fully saturated rings. The molecule has 2 unspecified atom stereocenters. The van der Waals surface area contributed by atoms with Gasteiger partial charge in [0.25, 0.3) is 0 Å². The SMILES string of the molecule is Cc1ccc(C)c(C(NN)C2CCc3ccccc3C2)c1. The Hall–Kier alpha value is -1.64. The number of benzene rings is 2. The fourth-order valence-electron chi connectivity index (χ4n) is 3.59. The van der Waals surface area contributed by atoms with Crippen molar-refractivity contribution in [2.45, 2.75) is 39.2 Å². The molecule has 0 saturated heterocycles. The van der Waals surface area contributed by atoms with E-state index in [1.165, 1.54) is 34.2 Å². The van der Waals surface area contributed by atoms with Gasteiger partial charge in [0, 0.05) is 6.04 Å². The first kappa shape index (κ1) is 14.3. The number of aryl methyl sites for hydroxylation is 3. The summed E-state index contributed by atoms with van der Waals surface area (Å²) in [5, 5.41) is 0. The normalized spacial score (nSPS) is 19.1. The van der Waals surface area contributed by atoms with Gasteiger partial charge in [-0.3, -0.25) is 11.3 Å². The van der Waals surface area contributed by atoms with Crippen molar-refractivity contribution in [1.29, 1.82) is 0 Å². The third kappa shape index (κ3) is 2.87. The number of rotatable bonds is 3. The molecule has 0 amide bonds. The molecule has 21 heavy (non-hydrogen) atoms. The minimum absolute atomic E-state index is 0.234. The van der Waals surface area contributed by atoms with Gasteiger partial charge in [0.2, 0.25) is 0 Å². The summed E-state index contributed by atoms with van der Waals surface area (Å²) in [6, 6.07) is 15.7. The number of nitrogens with one attached hydrogen (secondary N) is 1. The molecule has 110 valence electrons. The predicted molar refractivity (Wildman–Crippen MR) is 87.9 cm³/mol. The zero-order chi connectivity index (χ0) is 14.8. The Morgan fingerprint density at radius 3 is 2.62 bits per heavy atom. The Kier molecular flexibility index (Phi) is 4.09. The summed E-state index contributed by atoms with van der Waals surface area (Å²) in [5.74, 6) is 6.49. The van der Waals surface area contributed by atoms with Crippen LogP contribution >= 0.6 is 0 Å². The zero-order valence-electron chi connectivity index (χ0n) is 12.9. The van der Waals surface area contributed by atoms with Gasteiger partial charge < -0.3 is 0 Å². The second kappa shape index (κ2) is 6.00. The van der Waals surface area contributed by atoms with Gasteiger partial charge in [-0.1, -0.05) is 48.0 Å². The summed E-state index contributed by atoms with van der Waals surface area (Å²) in [4.78, 5) is 0. The first-order valence-electron chi connectivity index (χ1n) is 7.79. The molecule has 1 aliphatic rings. The largest absolute Gasteiger partial charge is 0.271 e. The van der Waals surface area contributed by atoms with Gasteiger partial charge in [0.15, 0.2) is 0 Å². The van der Waals surface area contributed by atoms with Crippen LogP contribution in [0.2, 0.25) is 0 Å². The van der Waals surface area contributed by atoms with Gasteiger partial charge in [-0.2, -0.15) is 0 Å². The first-order chi connectivity index (χ1) is 10.2. The van der Waals surface area contributed by atoms with Crippen LogP contribution in [0.3, 0.4) is 0 Å². The van der Waals surface area contributed by atoms with Gasteiger partial charge in [-0.25, -0.2) is 0 Å². The number of nitrogens with two attached hydrogens (primary N) is 1. The van der Waals surface area contributed by atoms with Gasteiger partial charge in [0.05, 0.1) is 0 Å². The Bertz CT molecular complexity index is 633. The van der Waals surface area contributed by atoms with Crippen LogP contribution in [0.5, 0.6) is 0 Å². The van der Waals surface area contributed by atoms with Crippen molar-refractivity contribution < 1.29 is 0 Å². The maximum Gasteiger partial charge on any atom is 0.0494 e. The van der Waals surface area contributed by atoms with Crippen LogP contribution in [-0.2, 0) is 12.8 Å². The van der Waals surface area contributed by atoms with E-state index < -0.39 is 0 Å². The number of fused-ring (bicyclic) bond motifs is 1. The van der Waals surface area contributed by atoms with Crippen LogP contribution in [0.1, 0.15) is 40.3 Å². The van der Waals surface area contributed by atoms with Gasteiger partial charge in [0.1, 0.15) is 0 Å². The maximum absolute atomic E-state index is 5.92. The monoisotopic (exact) mass is 280 g/mol. The molecule has 0 aromatic heterocycles. The summed E-state index contributed by atoms with van der Waals surface area (Å²) in [7, 11) is 0. The van der Waals surface area contributed by atoms with Crippen LogP contribution in [0, 0.1) is 19.8 Å². The van der Waals surface area contributed by atoms with Gasteiger partial charge >= 0.3 is 0 Å². The van der Waals surface area contributed by atoms with Crippen molar-refractivity contribution in [3.05, 3.63) is 70.3 Å². The molecule has 0 heterocycles. The predicted octanol–water partition coefficient (Wildman–Crippen LogP) is 3.61. The van der Waals surface area contributed by atoms with E-state index in [2.05, 4.69) is 61.7 Å². The van der Waals surface area contributed by atoms with E-state index in [1.807, 2.05) is 0 Å². The Balaban J connectivity index is 1.90. The molecule has 3 N–H and O–H groups in total. The molecule has 0 aliphatic heterocycles. The van der Waals surface area contributed by atoms with Crippen LogP contribution < -0.4 is 11.3 Å². The third-order valence-corrected chi connectivity index (χ3v) is 4.81. The summed E-state index contributed by atoms with van der Waals surface area (Å²) in [5.41, 5.74) is 10.0. The molecule has 0 bridgehead atoms. The fourth-order valence-corrected chi connectivity index (χ4v) is 3.59. The first-order valence-corrected chi connectivity index (χ1v) is 7.79. The second-order valence-corrected chi connectivity index (χ2v) is 6.28. The van der Waals surface area contributed by atoms with E-state index >= 15 is 0 Å². The highest BCUT2D eigenvalue weighted by Crippen LogP contribution is 2.35. The summed E-state index contributed by atoms with van der Waals surface area (Å²) in [6.07, 6.45) is 3.46. The van der Waals surface area contributed by atoms with Crippen molar-refractivity contribution in [2.75, 3.05) is 0 Å². The van der Waals surface area contributed by atoms with Crippen LogP contribution in [0.25, 0.3) is 0 Å². The highest BCUT2D eigenvalue weighted by molar-refractivity contribution is 5.35. The topological polar surface area (TPSA) is 38.0 Å². The molecular formula is C19H24N2. The van der Waals surface area contributed by atoms with Crippen LogP contribution in [-0.4, -0.2) is 0 Å². The van der Waals surface area contributed by atoms with E-state index in [1.54, 1.807) is 0 Å². The molecular weight excluding hydrogens is 256 g/mol. The highest BCUT2D eigenvalue weighted by Gasteiger charge is 2.27. The van der Waals surface area contributed by atoms with E-state index in [-0.39, 0.29) is 6.04 Å². The average molecular weight is 280 g/mol. The smallest absolute Gasteiger partial charge is 0.0494 e. The lowest BCUT2D eigenvalue weighted by atomic mass is 9.77. The molecule has 2 nitrogen and oxygen atoms in total. The van der Waals surface area contributed by atoms with E-state index in [0.717, 1.165) is 12.8 Å². The third-order valence-electron chi connectivity index (χ3n) is 4.81. The lowest BCUT2D eigenvalue weighted by Crippen LogP contribution is -2.36. The number of hydrogen-bond acceptors (Lipinski definition) is 2. The summed E-state index contributed by atoms with van der Waals surface area (Å²) < 4.78 is 0. The molecule has 2 heteroatoms. The van der Waals surface area contributed by atoms with Crippen molar-refractivity contribution in [3.8, 4) is 0 Å². The van der Waals surface area contributed by atoms with Crippen LogP contribution in [0.4, 0.5) is 0 Å². The standard InChI is InChI=1S/C19H24N2/c1-13-7-8-14(2)18(11-13)19(21-20)17-10-9-15-5-3-4-6-16(15)12-17/h3-8,11,17,19,21H,9-10,12,20H2,1-2H3. The summed E-state index contributed by atoms with van der Waals surface area (Å²) in [6.45, 7) is 4.32. The minimum Gasteiger partial charge on any atom is -0.271 e. The minimum atomic E-state index is 0.234. The van der Waals surface area contributed by atoms with E-state index in [0.29, 0.717) is 5.92 Å². The van der Waals surface area contributed by atoms with Crippen LogP contribution in [0.15, 0.2) is 42.5 Å². The highest BCUT2D eigenvalue weighted by atomic mass is 15.2. The van der Waals surface area contributed by atoms with E-state index in [4.69, 9.17) is 5.84 Å². The van der Waals surface area contributed by atoms with Crippen molar-refractivity contribution in [3.63, 3.8) is 0 Å².